The number of hydrogen-bond acceptors (Lipinski definition) is 3. The van der Waals surface area contributed by atoms with E-state index in [4.69, 9.17) is 0 Å². The van der Waals surface area contributed by atoms with Crippen LogP contribution in [0.3, 0.4) is 0 Å². The van der Waals surface area contributed by atoms with Crippen LogP contribution in [0.5, 0.6) is 5.75 Å². The Morgan fingerprint density at radius 3 is 2.35 bits per heavy atom. The van der Waals surface area contributed by atoms with Crippen molar-refractivity contribution in [3.63, 3.8) is 0 Å². The van der Waals surface area contributed by atoms with Gasteiger partial charge in [0.2, 0.25) is 0 Å². The molecule has 2 rings (SSSR count). The summed E-state index contributed by atoms with van der Waals surface area (Å²) in [5.41, 5.74) is 0.946. The van der Waals surface area contributed by atoms with Crippen LogP contribution in [0.2, 0.25) is 0 Å². The minimum Gasteiger partial charge on any atom is -0.508 e. The maximum absolute atomic E-state index is 11.3. The molecule has 4 heteroatoms. The summed E-state index contributed by atoms with van der Waals surface area (Å²) in [6.07, 6.45) is 2.66. The van der Waals surface area contributed by atoms with E-state index in [0.29, 0.717) is 6.42 Å². The molecule has 4 nitrogen and oxygen atoms in total. The zero-order valence-corrected chi connectivity index (χ0v) is 9.67. The predicted octanol–water partition coefficient (Wildman–Crippen LogP) is 1.48. The molecule has 0 amide bonds. The maximum atomic E-state index is 11.3. The van der Waals surface area contributed by atoms with Gasteiger partial charge in [-0.15, -0.1) is 0 Å². The Morgan fingerprint density at radius 2 is 1.82 bits per heavy atom. The van der Waals surface area contributed by atoms with Crippen LogP contribution in [-0.2, 0) is 11.2 Å². The predicted molar refractivity (Wildman–Crippen MR) is 64.0 cm³/mol. The summed E-state index contributed by atoms with van der Waals surface area (Å²) in [5, 5.41) is 18.4. The van der Waals surface area contributed by atoms with Crippen molar-refractivity contribution in [3.8, 4) is 5.75 Å². The molecule has 1 aliphatic heterocycles. The van der Waals surface area contributed by atoms with E-state index in [0.717, 1.165) is 31.5 Å². The van der Waals surface area contributed by atoms with E-state index in [1.807, 2.05) is 4.90 Å². The molecule has 2 N–H and O–H groups in total. The van der Waals surface area contributed by atoms with Crippen LogP contribution in [0.4, 0.5) is 0 Å². The van der Waals surface area contributed by atoms with Crippen LogP contribution in [0, 0.1) is 0 Å². The molecule has 17 heavy (non-hydrogen) atoms. The number of phenolic OH excluding ortho intramolecular Hbond substituents is 1. The number of hydrogen-bond donors (Lipinski definition) is 2. The van der Waals surface area contributed by atoms with Gasteiger partial charge in [-0.25, -0.2) is 0 Å². The Morgan fingerprint density at radius 1 is 1.24 bits per heavy atom. The number of benzene rings is 1. The van der Waals surface area contributed by atoms with Gasteiger partial charge in [0.15, 0.2) is 0 Å². The number of nitrogens with zero attached hydrogens (tertiary/aromatic N) is 1. The molecule has 1 aliphatic rings. The molecule has 1 saturated heterocycles. The second-order valence-corrected chi connectivity index (χ2v) is 4.47. The number of phenols is 1. The molecular formula is C13H17NO3. The largest absolute Gasteiger partial charge is 0.508 e. The quantitative estimate of drug-likeness (QED) is 0.830. The SMILES string of the molecule is O=C(O)C(Cc1ccc(O)cc1)N1CCCC1. The van der Waals surface area contributed by atoms with Gasteiger partial charge in [0.25, 0.3) is 0 Å². The van der Waals surface area contributed by atoms with Crippen molar-refractivity contribution in [1.82, 2.24) is 4.90 Å². The van der Waals surface area contributed by atoms with Gasteiger partial charge in [0.05, 0.1) is 0 Å². The van der Waals surface area contributed by atoms with Gasteiger partial charge < -0.3 is 10.2 Å². The number of carbonyl (C=O) groups is 1. The molecule has 1 heterocycles. The average Bonchev–Trinajstić information content (AvgIpc) is 2.81. The van der Waals surface area contributed by atoms with E-state index in [9.17, 15) is 15.0 Å². The van der Waals surface area contributed by atoms with Crippen molar-refractivity contribution >= 4 is 5.97 Å². The first kappa shape index (κ1) is 11.9. The van der Waals surface area contributed by atoms with Crippen LogP contribution >= 0.6 is 0 Å². The van der Waals surface area contributed by atoms with E-state index in [-0.39, 0.29) is 5.75 Å². The Hall–Kier alpha value is -1.55. The van der Waals surface area contributed by atoms with Gasteiger partial charge >= 0.3 is 5.97 Å². The van der Waals surface area contributed by atoms with Crippen molar-refractivity contribution in [2.75, 3.05) is 13.1 Å². The van der Waals surface area contributed by atoms with Gasteiger partial charge in [-0.2, -0.15) is 0 Å². The molecular weight excluding hydrogens is 218 g/mol. The summed E-state index contributed by atoms with van der Waals surface area (Å²) in [5.74, 6) is -0.554. The molecule has 0 radical (unpaired) electrons. The third kappa shape index (κ3) is 2.97. The van der Waals surface area contributed by atoms with Gasteiger partial charge in [-0.3, -0.25) is 9.69 Å². The van der Waals surface area contributed by atoms with Crippen molar-refractivity contribution in [2.24, 2.45) is 0 Å². The third-order valence-electron chi connectivity index (χ3n) is 3.23. The summed E-state index contributed by atoms with van der Waals surface area (Å²) >= 11 is 0. The summed E-state index contributed by atoms with van der Waals surface area (Å²) < 4.78 is 0. The van der Waals surface area contributed by atoms with E-state index in [1.54, 1.807) is 24.3 Å². The molecule has 0 bridgehead atoms. The zero-order chi connectivity index (χ0) is 12.3. The monoisotopic (exact) mass is 235 g/mol. The number of carboxylic acids is 1. The molecule has 0 aromatic heterocycles. The fourth-order valence-corrected chi connectivity index (χ4v) is 2.28. The lowest BCUT2D eigenvalue weighted by Gasteiger charge is -2.23. The number of likely N-dealkylation sites (tertiary alicyclic amines) is 1. The minimum atomic E-state index is -0.764. The Kier molecular flexibility index (Phi) is 3.64. The van der Waals surface area contributed by atoms with Crippen molar-refractivity contribution in [1.29, 1.82) is 0 Å². The molecule has 0 saturated carbocycles. The highest BCUT2D eigenvalue weighted by Gasteiger charge is 2.27. The molecule has 92 valence electrons. The Bertz CT molecular complexity index is 382. The van der Waals surface area contributed by atoms with Crippen LogP contribution in [0.25, 0.3) is 0 Å². The molecule has 0 aliphatic carbocycles. The van der Waals surface area contributed by atoms with Crippen LogP contribution in [0.15, 0.2) is 24.3 Å². The second kappa shape index (κ2) is 5.19. The summed E-state index contributed by atoms with van der Waals surface area (Å²) in [4.78, 5) is 13.3. The molecule has 1 aromatic rings. The number of aliphatic carboxylic acids is 1. The fraction of sp³-hybridized carbons (Fsp3) is 0.462. The molecule has 1 aromatic carbocycles. The van der Waals surface area contributed by atoms with Crippen molar-refractivity contribution < 1.29 is 15.0 Å². The number of carboxylic acid groups (broad SMARTS) is 1. The standard InChI is InChI=1S/C13H17NO3/c15-11-5-3-10(4-6-11)9-12(13(16)17)14-7-1-2-8-14/h3-6,12,15H,1-2,7-9H2,(H,16,17). The number of aromatic hydroxyl groups is 1. The van der Waals surface area contributed by atoms with Crippen LogP contribution in [-0.4, -0.2) is 40.2 Å². The lowest BCUT2D eigenvalue weighted by atomic mass is 10.0. The summed E-state index contributed by atoms with van der Waals surface area (Å²) in [6.45, 7) is 1.74. The lowest BCUT2D eigenvalue weighted by molar-refractivity contribution is -0.142. The Labute approximate surface area is 100 Å². The highest BCUT2D eigenvalue weighted by Crippen LogP contribution is 2.17. The minimum absolute atomic E-state index is 0.210. The Balaban J connectivity index is 2.06. The maximum Gasteiger partial charge on any atom is 0.321 e. The molecule has 1 unspecified atom stereocenters. The summed E-state index contributed by atoms with van der Waals surface area (Å²) in [7, 11) is 0. The van der Waals surface area contributed by atoms with Crippen LogP contribution in [0.1, 0.15) is 18.4 Å². The topological polar surface area (TPSA) is 60.8 Å². The zero-order valence-electron chi connectivity index (χ0n) is 9.67. The number of rotatable bonds is 4. The third-order valence-corrected chi connectivity index (χ3v) is 3.23. The smallest absolute Gasteiger partial charge is 0.321 e. The van der Waals surface area contributed by atoms with E-state index in [2.05, 4.69) is 0 Å². The molecule has 1 atom stereocenters. The van der Waals surface area contributed by atoms with Gasteiger partial charge in [-0.05, 0) is 50.0 Å². The van der Waals surface area contributed by atoms with Gasteiger partial charge in [0, 0.05) is 0 Å². The normalized spacial score (nSPS) is 18.1. The van der Waals surface area contributed by atoms with Crippen LogP contribution < -0.4 is 0 Å². The highest BCUT2D eigenvalue weighted by molar-refractivity contribution is 5.74. The lowest BCUT2D eigenvalue weighted by Crippen LogP contribution is -2.40. The van der Waals surface area contributed by atoms with E-state index in [1.165, 1.54) is 0 Å². The van der Waals surface area contributed by atoms with Crippen molar-refractivity contribution in [2.45, 2.75) is 25.3 Å². The van der Waals surface area contributed by atoms with E-state index < -0.39 is 12.0 Å². The average molecular weight is 235 g/mol. The molecule has 0 spiro atoms. The first-order chi connectivity index (χ1) is 8.16. The second-order valence-electron chi connectivity index (χ2n) is 4.47. The first-order valence-electron chi connectivity index (χ1n) is 5.91. The van der Waals surface area contributed by atoms with E-state index >= 15 is 0 Å². The fourth-order valence-electron chi connectivity index (χ4n) is 2.28. The van der Waals surface area contributed by atoms with Gasteiger partial charge in [-0.1, -0.05) is 12.1 Å². The first-order valence-corrected chi connectivity index (χ1v) is 5.91. The van der Waals surface area contributed by atoms with Crippen molar-refractivity contribution in [3.05, 3.63) is 29.8 Å². The van der Waals surface area contributed by atoms with Gasteiger partial charge in [0.1, 0.15) is 11.8 Å². The molecule has 1 fully saturated rings. The highest BCUT2D eigenvalue weighted by atomic mass is 16.4. The summed E-state index contributed by atoms with van der Waals surface area (Å²) in [6, 6.07) is 6.31.